The lowest BCUT2D eigenvalue weighted by Gasteiger charge is -2.34. The first kappa shape index (κ1) is 14.5. The third kappa shape index (κ3) is 3.60. The van der Waals surface area contributed by atoms with Crippen molar-refractivity contribution in [3.05, 3.63) is 54.1 Å². The van der Waals surface area contributed by atoms with Gasteiger partial charge in [-0.25, -0.2) is 0 Å². The van der Waals surface area contributed by atoms with Crippen molar-refractivity contribution in [3.63, 3.8) is 0 Å². The molecule has 0 aliphatic carbocycles. The minimum Gasteiger partial charge on any atom is -0.369 e. The maximum atomic E-state index is 2.49. The average molecular weight is 298 g/mol. The topological polar surface area (TPSA) is 6.48 Å². The lowest BCUT2D eigenvalue weighted by molar-refractivity contribution is 0.313. The first-order valence-corrected chi connectivity index (χ1v) is 8.31. The molecule has 0 bridgehead atoms. The molecule has 0 N–H and O–H groups in total. The third-order valence-electron chi connectivity index (χ3n) is 4.00. The fourth-order valence-electron chi connectivity index (χ4n) is 2.62. The van der Waals surface area contributed by atoms with Crippen LogP contribution in [0.4, 0.5) is 5.69 Å². The largest absolute Gasteiger partial charge is 0.369 e. The Balaban J connectivity index is 1.74. The lowest BCUT2D eigenvalue weighted by atomic mass is 10.2. The van der Waals surface area contributed by atoms with Crippen LogP contribution in [0.2, 0.25) is 0 Å². The molecule has 0 unspecified atom stereocenters. The quantitative estimate of drug-likeness (QED) is 0.848. The van der Waals surface area contributed by atoms with Crippen LogP contribution in [0.15, 0.2) is 58.3 Å². The van der Waals surface area contributed by atoms with E-state index in [2.05, 4.69) is 72.3 Å². The number of rotatable bonds is 3. The van der Waals surface area contributed by atoms with Crippen LogP contribution in [0.1, 0.15) is 5.56 Å². The summed E-state index contributed by atoms with van der Waals surface area (Å²) in [5.74, 6) is 0. The van der Waals surface area contributed by atoms with Gasteiger partial charge in [-0.3, -0.25) is 0 Å². The Hall–Kier alpha value is -1.45. The van der Waals surface area contributed by atoms with Crippen LogP contribution >= 0.6 is 11.8 Å². The number of hydrogen-bond acceptors (Lipinski definition) is 3. The summed E-state index contributed by atoms with van der Waals surface area (Å²) in [5, 5.41) is 0. The van der Waals surface area contributed by atoms with E-state index in [1.54, 1.807) is 0 Å². The molecule has 3 heteroatoms. The van der Waals surface area contributed by atoms with Gasteiger partial charge in [-0.2, -0.15) is 0 Å². The zero-order chi connectivity index (χ0) is 14.7. The van der Waals surface area contributed by atoms with Crippen molar-refractivity contribution in [1.29, 1.82) is 0 Å². The summed E-state index contributed by atoms with van der Waals surface area (Å²) in [4.78, 5) is 7.53. The van der Waals surface area contributed by atoms with Gasteiger partial charge < -0.3 is 9.80 Å². The van der Waals surface area contributed by atoms with Crippen molar-refractivity contribution in [2.75, 3.05) is 38.1 Å². The predicted octanol–water partition coefficient (Wildman–Crippen LogP) is 3.90. The van der Waals surface area contributed by atoms with Crippen molar-refractivity contribution in [2.45, 2.75) is 16.7 Å². The number of hydrogen-bond donors (Lipinski definition) is 0. The Morgan fingerprint density at radius 2 is 1.62 bits per heavy atom. The zero-order valence-corrected chi connectivity index (χ0v) is 13.6. The minimum atomic E-state index is 1.13. The van der Waals surface area contributed by atoms with Crippen LogP contribution in [0, 0.1) is 6.92 Å². The average Bonchev–Trinajstić information content (AvgIpc) is 2.51. The number of likely N-dealkylation sites (N-methyl/N-ethyl adjacent to an activating group) is 1. The van der Waals surface area contributed by atoms with Crippen LogP contribution in [0.5, 0.6) is 0 Å². The Bertz CT molecular complexity index is 589. The number of aryl methyl sites for hydroxylation is 1. The van der Waals surface area contributed by atoms with E-state index in [9.17, 15) is 0 Å². The maximum Gasteiger partial charge on any atom is 0.0370 e. The Morgan fingerprint density at radius 1 is 0.905 bits per heavy atom. The van der Waals surface area contributed by atoms with Gasteiger partial charge in [0.15, 0.2) is 0 Å². The van der Waals surface area contributed by atoms with Crippen LogP contribution in [-0.2, 0) is 0 Å². The standard InChI is InChI=1S/C18H22N2S/c1-15-14-16(20-12-10-19(2)11-13-20)8-9-18(15)21-17-6-4-3-5-7-17/h3-9,14H,10-13H2,1-2H3. The maximum absolute atomic E-state index is 2.49. The van der Waals surface area contributed by atoms with Gasteiger partial charge in [-0.15, -0.1) is 0 Å². The van der Waals surface area contributed by atoms with Gasteiger partial charge in [0.1, 0.15) is 0 Å². The highest BCUT2D eigenvalue weighted by Gasteiger charge is 2.14. The normalized spacial score (nSPS) is 16.2. The van der Waals surface area contributed by atoms with E-state index < -0.39 is 0 Å². The summed E-state index contributed by atoms with van der Waals surface area (Å²) < 4.78 is 0. The number of piperazine rings is 1. The van der Waals surface area contributed by atoms with Crippen molar-refractivity contribution in [3.8, 4) is 0 Å². The monoisotopic (exact) mass is 298 g/mol. The molecule has 2 nitrogen and oxygen atoms in total. The summed E-state index contributed by atoms with van der Waals surface area (Å²) in [6.45, 7) is 6.77. The fraction of sp³-hybridized carbons (Fsp3) is 0.333. The summed E-state index contributed by atoms with van der Waals surface area (Å²) in [6, 6.07) is 17.4. The summed E-state index contributed by atoms with van der Waals surface area (Å²) in [6.07, 6.45) is 0. The van der Waals surface area contributed by atoms with E-state index >= 15 is 0 Å². The molecule has 0 saturated carbocycles. The van der Waals surface area contributed by atoms with Crippen molar-refractivity contribution >= 4 is 17.4 Å². The molecule has 2 aromatic carbocycles. The zero-order valence-electron chi connectivity index (χ0n) is 12.7. The van der Waals surface area contributed by atoms with Gasteiger partial charge in [0.25, 0.3) is 0 Å². The highest BCUT2D eigenvalue weighted by atomic mass is 32.2. The number of anilines is 1. The van der Waals surface area contributed by atoms with Crippen molar-refractivity contribution < 1.29 is 0 Å². The molecule has 3 rings (SSSR count). The van der Waals surface area contributed by atoms with E-state index in [1.165, 1.54) is 21.0 Å². The van der Waals surface area contributed by atoms with E-state index in [0.29, 0.717) is 0 Å². The molecule has 1 fully saturated rings. The second-order valence-corrected chi connectivity index (χ2v) is 6.77. The lowest BCUT2D eigenvalue weighted by Crippen LogP contribution is -2.44. The molecule has 21 heavy (non-hydrogen) atoms. The summed E-state index contributed by atoms with van der Waals surface area (Å²) in [5.41, 5.74) is 2.72. The number of benzene rings is 2. The third-order valence-corrected chi connectivity index (χ3v) is 5.18. The van der Waals surface area contributed by atoms with Crippen molar-refractivity contribution in [2.24, 2.45) is 0 Å². The van der Waals surface area contributed by atoms with E-state index in [4.69, 9.17) is 0 Å². The van der Waals surface area contributed by atoms with Crippen LogP contribution in [-0.4, -0.2) is 38.1 Å². The first-order chi connectivity index (χ1) is 10.2. The highest BCUT2D eigenvalue weighted by Crippen LogP contribution is 2.32. The summed E-state index contributed by atoms with van der Waals surface area (Å²) in [7, 11) is 2.20. The second-order valence-electron chi connectivity index (χ2n) is 5.66. The summed E-state index contributed by atoms with van der Waals surface area (Å²) >= 11 is 1.84. The molecule has 1 aliphatic rings. The molecule has 1 aliphatic heterocycles. The van der Waals surface area contributed by atoms with Crippen molar-refractivity contribution in [1.82, 2.24) is 4.90 Å². The van der Waals surface area contributed by atoms with Crippen LogP contribution in [0.25, 0.3) is 0 Å². The van der Waals surface area contributed by atoms with E-state index in [1.807, 2.05) is 11.8 Å². The SMILES string of the molecule is Cc1cc(N2CCN(C)CC2)ccc1Sc1ccccc1. The van der Waals surface area contributed by atoms with Gasteiger partial charge in [-0.05, 0) is 49.9 Å². The van der Waals surface area contributed by atoms with E-state index in [-0.39, 0.29) is 0 Å². The Labute approximate surface area is 131 Å². The molecule has 0 aromatic heterocycles. The minimum absolute atomic E-state index is 1.13. The van der Waals surface area contributed by atoms with Gasteiger partial charge in [0.05, 0.1) is 0 Å². The Morgan fingerprint density at radius 3 is 2.29 bits per heavy atom. The van der Waals surface area contributed by atoms with Gasteiger partial charge in [0.2, 0.25) is 0 Å². The van der Waals surface area contributed by atoms with Crippen LogP contribution < -0.4 is 4.90 Å². The predicted molar refractivity (Wildman–Crippen MR) is 91.5 cm³/mol. The van der Waals surface area contributed by atoms with Crippen LogP contribution in [0.3, 0.4) is 0 Å². The van der Waals surface area contributed by atoms with Gasteiger partial charge in [-0.1, -0.05) is 30.0 Å². The molecule has 2 aromatic rings. The molecule has 0 radical (unpaired) electrons. The smallest absolute Gasteiger partial charge is 0.0370 e. The molecule has 0 amide bonds. The van der Waals surface area contributed by atoms with Gasteiger partial charge >= 0.3 is 0 Å². The molecular weight excluding hydrogens is 276 g/mol. The second kappa shape index (κ2) is 6.54. The number of nitrogens with zero attached hydrogens (tertiary/aromatic N) is 2. The van der Waals surface area contributed by atoms with E-state index in [0.717, 1.165) is 26.2 Å². The molecule has 1 heterocycles. The highest BCUT2D eigenvalue weighted by molar-refractivity contribution is 7.99. The first-order valence-electron chi connectivity index (χ1n) is 7.49. The molecule has 0 atom stereocenters. The molecule has 0 spiro atoms. The van der Waals surface area contributed by atoms with Gasteiger partial charge in [0, 0.05) is 41.7 Å². The fourth-order valence-corrected chi connectivity index (χ4v) is 3.53. The molecular formula is C18H22N2S. The molecule has 1 saturated heterocycles. The molecule has 110 valence electrons. The Kier molecular flexibility index (Phi) is 4.51.